The third kappa shape index (κ3) is 5.02. The van der Waals surface area contributed by atoms with Crippen molar-refractivity contribution in [3.63, 3.8) is 0 Å². The molecule has 3 rings (SSSR count). The summed E-state index contributed by atoms with van der Waals surface area (Å²) in [5, 5.41) is 3.38. The van der Waals surface area contributed by atoms with Crippen molar-refractivity contribution in [3.8, 4) is 0 Å². The zero-order valence-electron chi connectivity index (χ0n) is 16.1. The van der Waals surface area contributed by atoms with Crippen LogP contribution >= 0.6 is 24.0 Å². The number of nitrogens with one attached hydrogen (secondary N) is 1. The second-order valence-electron chi connectivity index (χ2n) is 6.42. The Labute approximate surface area is 176 Å². The van der Waals surface area contributed by atoms with Crippen molar-refractivity contribution in [2.24, 2.45) is 19.1 Å². The number of guanidine groups is 1. The molecule has 0 amide bonds. The molecule has 0 aliphatic carbocycles. The predicted molar refractivity (Wildman–Crippen MR) is 119 cm³/mol. The summed E-state index contributed by atoms with van der Waals surface area (Å²) in [6, 6.07) is 4.12. The standard InChI is InChI=1S/C18H27N7O.HI/c1-4-19-18(21-14-15-6-5-8-22(15)2)25-12-10-24(11-13-25)16-17(26)23(3)9-7-20-16;/h5-9H,4,10-14H2,1-3H3,(H,19,21);1H. The lowest BCUT2D eigenvalue weighted by Crippen LogP contribution is -2.53. The molecule has 0 bridgehead atoms. The number of aromatic nitrogens is 3. The van der Waals surface area contributed by atoms with Crippen molar-refractivity contribution < 1.29 is 0 Å². The minimum absolute atomic E-state index is 0. The van der Waals surface area contributed by atoms with Crippen molar-refractivity contribution in [2.45, 2.75) is 13.5 Å². The van der Waals surface area contributed by atoms with Crippen molar-refractivity contribution in [1.82, 2.24) is 24.3 Å². The average molecular weight is 485 g/mol. The van der Waals surface area contributed by atoms with Crippen LogP contribution in [0.4, 0.5) is 5.82 Å². The van der Waals surface area contributed by atoms with E-state index in [9.17, 15) is 4.79 Å². The molecule has 0 atom stereocenters. The monoisotopic (exact) mass is 485 g/mol. The Morgan fingerprint density at radius 1 is 1.19 bits per heavy atom. The topological polar surface area (TPSA) is 70.7 Å². The van der Waals surface area contributed by atoms with Crippen LogP contribution in [-0.4, -0.2) is 57.7 Å². The molecule has 0 saturated carbocycles. The number of hydrogen-bond donors (Lipinski definition) is 1. The van der Waals surface area contributed by atoms with Gasteiger partial charge in [0.15, 0.2) is 11.8 Å². The van der Waals surface area contributed by atoms with E-state index in [0.717, 1.165) is 38.7 Å². The van der Waals surface area contributed by atoms with Crippen molar-refractivity contribution in [1.29, 1.82) is 0 Å². The van der Waals surface area contributed by atoms with E-state index in [1.807, 2.05) is 19.3 Å². The van der Waals surface area contributed by atoms with E-state index in [1.165, 1.54) is 5.69 Å². The number of hydrogen-bond acceptors (Lipinski definition) is 4. The Morgan fingerprint density at radius 3 is 2.56 bits per heavy atom. The minimum atomic E-state index is -0.0507. The SMILES string of the molecule is CCNC(=NCc1cccn1C)N1CCN(c2nccn(C)c2=O)CC1.I. The fraction of sp³-hybridized carbons (Fsp3) is 0.500. The van der Waals surface area contributed by atoms with Gasteiger partial charge in [-0.05, 0) is 19.1 Å². The molecule has 1 saturated heterocycles. The van der Waals surface area contributed by atoms with Gasteiger partial charge in [-0.1, -0.05) is 0 Å². The first kappa shape index (κ1) is 21.3. The van der Waals surface area contributed by atoms with Gasteiger partial charge in [-0.15, -0.1) is 24.0 Å². The first-order chi connectivity index (χ1) is 12.6. The van der Waals surface area contributed by atoms with E-state index in [4.69, 9.17) is 4.99 Å². The number of aliphatic imine (C=N–C) groups is 1. The molecule has 27 heavy (non-hydrogen) atoms. The molecular formula is C18H28IN7O. The summed E-state index contributed by atoms with van der Waals surface area (Å²) in [5.74, 6) is 1.45. The van der Waals surface area contributed by atoms with Crippen molar-refractivity contribution in [2.75, 3.05) is 37.6 Å². The van der Waals surface area contributed by atoms with Crippen LogP contribution in [0.1, 0.15) is 12.6 Å². The third-order valence-corrected chi connectivity index (χ3v) is 4.65. The molecule has 148 valence electrons. The first-order valence-electron chi connectivity index (χ1n) is 9.00. The van der Waals surface area contributed by atoms with Crippen LogP contribution in [-0.2, 0) is 20.6 Å². The molecule has 1 N–H and O–H groups in total. The number of halogens is 1. The van der Waals surface area contributed by atoms with Gasteiger partial charge in [0.05, 0.1) is 6.54 Å². The van der Waals surface area contributed by atoms with Gasteiger partial charge >= 0.3 is 0 Å². The summed E-state index contributed by atoms with van der Waals surface area (Å²) in [7, 11) is 3.78. The van der Waals surface area contributed by atoms with Crippen molar-refractivity contribution >= 4 is 35.8 Å². The highest BCUT2D eigenvalue weighted by atomic mass is 127. The van der Waals surface area contributed by atoms with E-state index in [1.54, 1.807) is 24.0 Å². The van der Waals surface area contributed by atoms with Crippen molar-refractivity contribution in [3.05, 3.63) is 46.8 Å². The lowest BCUT2D eigenvalue weighted by molar-refractivity contribution is 0.370. The van der Waals surface area contributed by atoms with E-state index in [0.29, 0.717) is 12.4 Å². The lowest BCUT2D eigenvalue weighted by atomic mass is 10.3. The van der Waals surface area contributed by atoms with Crippen LogP contribution in [0.2, 0.25) is 0 Å². The average Bonchev–Trinajstić information content (AvgIpc) is 3.06. The quantitative estimate of drug-likeness (QED) is 0.398. The number of rotatable bonds is 4. The van der Waals surface area contributed by atoms with Crippen LogP contribution in [0.5, 0.6) is 0 Å². The van der Waals surface area contributed by atoms with E-state index >= 15 is 0 Å². The fourth-order valence-electron chi connectivity index (χ4n) is 3.07. The highest BCUT2D eigenvalue weighted by Crippen LogP contribution is 2.09. The zero-order chi connectivity index (χ0) is 18.5. The van der Waals surface area contributed by atoms with Gasteiger partial charge in [0.1, 0.15) is 0 Å². The number of piperazine rings is 1. The maximum Gasteiger partial charge on any atom is 0.293 e. The van der Waals surface area contributed by atoms with Crippen LogP contribution in [0.25, 0.3) is 0 Å². The lowest BCUT2D eigenvalue weighted by Gasteiger charge is -2.36. The molecule has 0 unspecified atom stereocenters. The van der Waals surface area contributed by atoms with E-state index in [-0.39, 0.29) is 29.5 Å². The Hall–Kier alpha value is -2.04. The molecular weight excluding hydrogens is 457 g/mol. The minimum Gasteiger partial charge on any atom is -0.357 e. The molecule has 1 fully saturated rings. The maximum absolute atomic E-state index is 12.3. The Balaban J connectivity index is 0.00000261. The van der Waals surface area contributed by atoms with Crippen LogP contribution < -0.4 is 15.8 Å². The largest absolute Gasteiger partial charge is 0.357 e. The van der Waals surface area contributed by atoms with Gasteiger partial charge in [-0.25, -0.2) is 9.98 Å². The molecule has 1 aliphatic heterocycles. The van der Waals surface area contributed by atoms with E-state index < -0.39 is 0 Å². The molecule has 1 aliphatic rings. The summed E-state index contributed by atoms with van der Waals surface area (Å²) >= 11 is 0. The molecule has 0 radical (unpaired) electrons. The number of nitrogens with zero attached hydrogens (tertiary/aromatic N) is 6. The van der Waals surface area contributed by atoms with Gasteiger partial charge in [0.2, 0.25) is 0 Å². The van der Waals surface area contributed by atoms with Crippen LogP contribution in [0.3, 0.4) is 0 Å². The summed E-state index contributed by atoms with van der Waals surface area (Å²) in [6.45, 7) is 6.66. The highest BCUT2D eigenvalue weighted by Gasteiger charge is 2.22. The summed E-state index contributed by atoms with van der Waals surface area (Å²) < 4.78 is 3.65. The Bertz CT molecular complexity index is 821. The molecule has 3 heterocycles. The summed E-state index contributed by atoms with van der Waals surface area (Å²) in [5.41, 5.74) is 1.13. The number of anilines is 1. The van der Waals surface area contributed by atoms with Gasteiger partial charge in [0.25, 0.3) is 5.56 Å². The number of aryl methyl sites for hydroxylation is 2. The van der Waals surface area contributed by atoms with Gasteiger partial charge in [-0.3, -0.25) is 4.79 Å². The zero-order valence-corrected chi connectivity index (χ0v) is 18.5. The third-order valence-electron chi connectivity index (χ3n) is 4.65. The normalized spacial score (nSPS) is 14.9. The molecule has 8 nitrogen and oxygen atoms in total. The van der Waals surface area contributed by atoms with E-state index in [2.05, 4.69) is 37.7 Å². The smallest absolute Gasteiger partial charge is 0.293 e. The Kier molecular flexibility index (Phi) is 7.69. The predicted octanol–water partition coefficient (Wildman–Crippen LogP) is 1.02. The summed E-state index contributed by atoms with van der Waals surface area (Å²) in [4.78, 5) is 25.6. The second kappa shape index (κ2) is 9.77. The molecule has 0 aromatic carbocycles. The van der Waals surface area contributed by atoms with Gasteiger partial charge in [-0.2, -0.15) is 0 Å². The molecule has 2 aromatic heterocycles. The fourth-order valence-corrected chi connectivity index (χ4v) is 3.07. The molecule has 2 aromatic rings. The molecule has 0 spiro atoms. The maximum atomic E-state index is 12.3. The van der Waals surface area contributed by atoms with Gasteiger partial charge < -0.3 is 24.3 Å². The van der Waals surface area contributed by atoms with Gasteiger partial charge in [0, 0.05) is 71.1 Å². The summed E-state index contributed by atoms with van der Waals surface area (Å²) in [6.07, 6.45) is 5.39. The Morgan fingerprint density at radius 2 is 1.93 bits per heavy atom. The van der Waals surface area contributed by atoms with Crippen LogP contribution in [0.15, 0.2) is 40.5 Å². The van der Waals surface area contributed by atoms with Crippen LogP contribution in [0, 0.1) is 0 Å². The highest BCUT2D eigenvalue weighted by molar-refractivity contribution is 14.0. The second-order valence-corrected chi connectivity index (χ2v) is 6.42. The first-order valence-corrected chi connectivity index (χ1v) is 9.00. The molecule has 9 heteroatoms.